The van der Waals surface area contributed by atoms with E-state index in [0.717, 1.165) is 6.08 Å². The molecule has 1 aliphatic carbocycles. The fourth-order valence-corrected chi connectivity index (χ4v) is 2.80. The number of carboxylic acids is 1. The fraction of sp³-hybridized carbons (Fsp3) is 0.235. The lowest BCUT2D eigenvalue weighted by atomic mass is 9.96. The third kappa shape index (κ3) is 4.77. The Morgan fingerprint density at radius 3 is 2.79 bits per heavy atom. The number of hydrogen-bond donors (Lipinski definition) is 2. The number of benzene rings is 1. The molecule has 1 aromatic carbocycles. The summed E-state index contributed by atoms with van der Waals surface area (Å²) in [5.74, 6) is -3.54. The molecule has 1 heterocycles. The van der Waals surface area contributed by atoms with E-state index < -0.39 is 24.7 Å². The predicted octanol–water partition coefficient (Wildman–Crippen LogP) is 3.95. The zero-order chi connectivity index (χ0) is 20.4. The first-order valence-corrected chi connectivity index (χ1v) is 8.25. The Morgan fingerprint density at radius 1 is 1.39 bits per heavy atom. The second kappa shape index (κ2) is 7.74. The molecular weight excluding hydrogens is 403 g/mol. The van der Waals surface area contributed by atoms with E-state index in [1.165, 1.54) is 12.2 Å². The van der Waals surface area contributed by atoms with Gasteiger partial charge in [-0.15, -0.1) is 18.3 Å². The van der Waals surface area contributed by atoms with Crippen molar-refractivity contribution in [2.75, 3.05) is 0 Å². The van der Waals surface area contributed by atoms with E-state index in [-0.39, 0.29) is 17.8 Å². The number of rotatable bonds is 6. The number of carboxylic acid groups (broad SMARTS) is 1. The van der Waals surface area contributed by atoms with E-state index >= 15 is 0 Å². The number of H-pyrrole nitrogens is 1. The highest BCUT2D eigenvalue weighted by Gasteiger charge is 2.44. The van der Waals surface area contributed by atoms with Gasteiger partial charge in [0.05, 0.1) is 6.61 Å². The Kier molecular flexibility index (Phi) is 5.54. The lowest BCUT2D eigenvalue weighted by Crippen LogP contribution is -2.40. The minimum Gasteiger partial charge on any atom is -0.476 e. The van der Waals surface area contributed by atoms with Gasteiger partial charge in [0.15, 0.2) is 5.69 Å². The highest BCUT2D eigenvalue weighted by atomic mass is 35.5. The van der Waals surface area contributed by atoms with Gasteiger partial charge in [0, 0.05) is 11.4 Å². The van der Waals surface area contributed by atoms with Gasteiger partial charge in [-0.25, -0.2) is 4.79 Å². The summed E-state index contributed by atoms with van der Waals surface area (Å²) in [5, 5.41) is 18.5. The maximum atomic E-state index is 12.9. The number of aromatic carboxylic acids is 1. The van der Waals surface area contributed by atoms with E-state index in [9.17, 15) is 18.0 Å². The van der Waals surface area contributed by atoms with Crippen molar-refractivity contribution in [3.8, 4) is 0 Å². The lowest BCUT2D eigenvalue weighted by Gasteiger charge is -2.32. The van der Waals surface area contributed by atoms with E-state index in [2.05, 4.69) is 20.1 Å². The summed E-state index contributed by atoms with van der Waals surface area (Å²) >= 11 is 5.94. The van der Waals surface area contributed by atoms with Crippen LogP contribution in [0.4, 0.5) is 13.2 Å². The first kappa shape index (κ1) is 20.1. The van der Waals surface area contributed by atoms with Crippen LogP contribution in [0.15, 0.2) is 42.5 Å². The smallest absolute Gasteiger partial charge is 0.476 e. The summed E-state index contributed by atoms with van der Waals surface area (Å²) in [6.07, 6.45) is -1.20. The van der Waals surface area contributed by atoms with E-state index in [4.69, 9.17) is 21.4 Å². The highest BCUT2D eigenvalue weighted by Crippen LogP contribution is 2.36. The molecule has 0 aliphatic heterocycles. The Labute approximate surface area is 161 Å². The van der Waals surface area contributed by atoms with E-state index in [1.807, 2.05) is 0 Å². The molecule has 1 aliphatic rings. The molecule has 0 fully saturated rings. The molecule has 11 heteroatoms. The SMILES string of the molecule is O=C(O)c1[nH]nnc1COC1(OC(F)(F)F)C=CC(c2cccc(Cl)c2)=CC1. The number of hydrogen-bond acceptors (Lipinski definition) is 5. The van der Waals surface area contributed by atoms with Crippen LogP contribution in [0.1, 0.15) is 28.2 Å². The Bertz CT molecular complexity index is 942. The zero-order valence-electron chi connectivity index (χ0n) is 14.0. The topological polar surface area (TPSA) is 97.3 Å². The van der Waals surface area contributed by atoms with Crippen molar-refractivity contribution in [1.82, 2.24) is 15.4 Å². The van der Waals surface area contributed by atoms with Crippen LogP contribution in [0.25, 0.3) is 5.57 Å². The summed E-state index contributed by atoms with van der Waals surface area (Å²) in [6.45, 7) is -0.557. The predicted molar refractivity (Wildman–Crippen MR) is 91.2 cm³/mol. The number of halogens is 4. The molecule has 1 unspecified atom stereocenters. The lowest BCUT2D eigenvalue weighted by molar-refractivity contribution is -0.405. The second-order valence-corrected chi connectivity index (χ2v) is 6.23. The third-order valence-corrected chi connectivity index (χ3v) is 4.09. The largest absolute Gasteiger partial charge is 0.525 e. The average molecular weight is 416 g/mol. The molecule has 0 saturated heterocycles. The molecule has 2 N–H and O–H groups in total. The van der Waals surface area contributed by atoms with Crippen molar-refractivity contribution in [2.24, 2.45) is 0 Å². The van der Waals surface area contributed by atoms with Gasteiger partial charge in [0.1, 0.15) is 5.69 Å². The maximum absolute atomic E-state index is 12.9. The number of ether oxygens (including phenoxy) is 2. The third-order valence-electron chi connectivity index (χ3n) is 3.86. The van der Waals surface area contributed by atoms with Gasteiger partial charge in [0.2, 0.25) is 5.79 Å². The molecule has 0 saturated carbocycles. The minimum absolute atomic E-state index is 0.157. The first-order valence-electron chi connectivity index (χ1n) is 7.87. The molecule has 7 nitrogen and oxygen atoms in total. The molecule has 0 bridgehead atoms. The summed E-state index contributed by atoms with van der Waals surface area (Å²) in [5.41, 5.74) is 0.821. The molecule has 148 valence electrons. The number of carbonyl (C=O) groups is 1. The quantitative estimate of drug-likeness (QED) is 0.693. The molecule has 28 heavy (non-hydrogen) atoms. The minimum atomic E-state index is -4.98. The van der Waals surface area contributed by atoms with Gasteiger partial charge >= 0.3 is 12.3 Å². The molecule has 3 rings (SSSR count). The number of nitrogens with zero attached hydrogens (tertiary/aromatic N) is 2. The first-order chi connectivity index (χ1) is 13.2. The van der Waals surface area contributed by atoms with Crippen LogP contribution in [0, 0.1) is 0 Å². The van der Waals surface area contributed by atoms with Crippen molar-refractivity contribution in [3.63, 3.8) is 0 Å². The van der Waals surface area contributed by atoms with Crippen LogP contribution in [0.3, 0.4) is 0 Å². The fourth-order valence-electron chi connectivity index (χ4n) is 2.61. The van der Waals surface area contributed by atoms with Crippen LogP contribution < -0.4 is 0 Å². The Balaban J connectivity index is 1.81. The number of aromatic nitrogens is 3. The number of nitrogens with one attached hydrogen (secondary N) is 1. The zero-order valence-corrected chi connectivity index (χ0v) is 14.8. The highest BCUT2D eigenvalue weighted by molar-refractivity contribution is 6.30. The van der Waals surface area contributed by atoms with Gasteiger partial charge in [-0.05, 0) is 29.3 Å². The van der Waals surface area contributed by atoms with Crippen LogP contribution in [0.2, 0.25) is 5.02 Å². The average Bonchev–Trinajstić information content (AvgIpc) is 3.08. The monoisotopic (exact) mass is 415 g/mol. The molecule has 2 aromatic rings. The van der Waals surface area contributed by atoms with Crippen LogP contribution >= 0.6 is 11.6 Å². The molecule has 0 radical (unpaired) electrons. The normalized spacial score (nSPS) is 19.5. The molecule has 0 spiro atoms. The van der Waals surface area contributed by atoms with Crippen LogP contribution in [-0.2, 0) is 16.1 Å². The summed E-state index contributed by atoms with van der Waals surface area (Å²) in [6, 6.07) is 6.82. The molecule has 1 aromatic heterocycles. The Hall–Kier alpha value is -2.69. The number of allylic oxidation sites excluding steroid dienone is 2. The standard InChI is InChI=1S/C17H13ClF3N3O4/c18-12-3-1-2-11(8-12)10-4-6-16(7-5-10,28-17(19,20)21)27-9-13-14(15(25)26)23-24-22-13/h1-6,8H,7,9H2,(H,25,26)(H,22,23,24). The summed E-state index contributed by atoms with van der Waals surface area (Å²) < 4.78 is 48.3. The van der Waals surface area contributed by atoms with Crippen molar-refractivity contribution in [1.29, 1.82) is 0 Å². The van der Waals surface area contributed by atoms with Crippen molar-refractivity contribution < 1.29 is 32.5 Å². The van der Waals surface area contributed by atoms with E-state index in [0.29, 0.717) is 16.2 Å². The summed E-state index contributed by atoms with van der Waals surface area (Å²) in [4.78, 5) is 11.1. The van der Waals surface area contributed by atoms with Gasteiger partial charge in [-0.2, -0.15) is 0 Å². The maximum Gasteiger partial charge on any atom is 0.525 e. The van der Waals surface area contributed by atoms with E-state index in [1.54, 1.807) is 24.3 Å². The molecule has 1 atom stereocenters. The van der Waals surface area contributed by atoms with Crippen molar-refractivity contribution in [3.05, 3.63) is 64.5 Å². The molecular formula is C17H13ClF3N3O4. The van der Waals surface area contributed by atoms with Gasteiger partial charge in [0.25, 0.3) is 0 Å². The number of aromatic amines is 1. The Morgan fingerprint density at radius 2 is 2.18 bits per heavy atom. The van der Waals surface area contributed by atoms with Crippen LogP contribution in [0.5, 0.6) is 0 Å². The van der Waals surface area contributed by atoms with Crippen molar-refractivity contribution >= 4 is 23.1 Å². The van der Waals surface area contributed by atoms with Crippen molar-refractivity contribution in [2.45, 2.75) is 25.2 Å². The van der Waals surface area contributed by atoms with Gasteiger partial charge < -0.3 is 9.84 Å². The van der Waals surface area contributed by atoms with Gasteiger partial charge in [-0.1, -0.05) is 41.1 Å². The van der Waals surface area contributed by atoms with Crippen LogP contribution in [-0.4, -0.2) is 38.6 Å². The molecule has 0 amide bonds. The second-order valence-electron chi connectivity index (χ2n) is 5.79. The summed E-state index contributed by atoms with van der Waals surface area (Å²) in [7, 11) is 0. The number of alkyl halides is 3. The van der Waals surface area contributed by atoms with Gasteiger partial charge in [-0.3, -0.25) is 9.84 Å².